The third-order valence-electron chi connectivity index (χ3n) is 6.03. The van der Waals surface area contributed by atoms with Crippen LogP contribution in [0, 0.1) is 28.5 Å². The van der Waals surface area contributed by atoms with Gasteiger partial charge in [-0.2, -0.15) is 14.8 Å². The Morgan fingerprint density at radius 3 is 2.15 bits per heavy atom. The molecule has 1 heterocycles. The molecule has 0 N–H and O–H groups in total. The second-order valence-electron chi connectivity index (χ2n) is 8.34. The summed E-state index contributed by atoms with van der Waals surface area (Å²) >= 11 is 1.22. The maximum Gasteiger partial charge on any atom is 0.260 e. The molecule has 0 aliphatic rings. The van der Waals surface area contributed by atoms with E-state index < -0.39 is 10.0 Å². The lowest BCUT2D eigenvalue weighted by atomic mass is 10.2. The lowest BCUT2D eigenvalue weighted by molar-refractivity contribution is 0.0983. The van der Waals surface area contributed by atoms with Crippen LogP contribution in [-0.4, -0.2) is 67.8 Å². The number of hydrogen-bond acceptors (Lipinski definition) is 8. The number of fused-ring (bicyclic) bond motifs is 1. The molecule has 0 unspecified atom stereocenters. The van der Waals surface area contributed by atoms with E-state index in [1.165, 1.54) is 52.6 Å². The van der Waals surface area contributed by atoms with Gasteiger partial charge >= 0.3 is 0 Å². The topological polar surface area (TPSA) is 121 Å². The molecule has 0 saturated heterocycles. The van der Waals surface area contributed by atoms with Crippen molar-refractivity contribution in [2.24, 2.45) is 0 Å². The largest absolute Gasteiger partial charge is 0.302 e. The van der Waals surface area contributed by atoms with Gasteiger partial charge in [-0.05, 0) is 55.6 Å². The van der Waals surface area contributed by atoms with Crippen molar-refractivity contribution in [2.75, 3.05) is 44.2 Å². The van der Waals surface area contributed by atoms with E-state index in [0.29, 0.717) is 28.4 Å². The summed E-state index contributed by atoms with van der Waals surface area (Å²) in [5, 5.41) is 18.2. The zero-order valence-electron chi connectivity index (χ0n) is 21.7. The summed E-state index contributed by atoms with van der Waals surface area (Å²) in [6.07, 6.45) is -0.0103. The van der Waals surface area contributed by atoms with Crippen LogP contribution in [-0.2, 0) is 10.0 Å². The standard InChI is InChI=1S/C26H29FN6O3S2.ClH/c1-3-31(4-2)17-18-33(26-30-23-12-9-21(27)19-24(23)37-26)25(34)20-7-10-22(11-8-20)38(35,36)32(15-5-13-28)16-6-14-29;/h7-12,19H,3-6,15-18H2,1-2H3;1H. The molecule has 0 saturated carbocycles. The van der Waals surface area contributed by atoms with Crippen molar-refractivity contribution in [1.82, 2.24) is 14.2 Å². The molecule has 39 heavy (non-hydrogen) atoms. The number of thiazole rings is 1. The van der Waals surface area contributed by atoms with Crippen LogP contribution in [0.25, 0.3) is 10.2 Å². The first-order valence-corrected chi connectivity index (χ1v) is 14.4. The zero-order valence-corrected chi connectivity index (χ0v) is 24.2. The summed E-state index contributed by atoms with van der Waals surface area (Å²) in [6, 6.07) is 13.7. The van der Waals surface area contributed by atoms with Gasteiger partial charge in [-0.25, -0.2) is 17.8 Å². The number of rotatable bonds is 13. The Morgan fingerprint density at radius 2 is 1.59 bits per heavy atom. The molecule has 2 aromatic carbocycles. The minimum Gasteiger partial charge on any atom is -0.302 e. The number of nitrogens with zero attached hydrogens (tertiary/aromatic N) is 6. The molecular formula is C26H30ClFN6O3S2. The van der Waals surface area contributed by atoms with Crippen LogP contribution in [0.3, 0.4) is 0 Å². The average molecular weight is 593 g/mol. The molecule has 1 aromatic heterocycles. The highest BCUT2D eigenvalue weighted by atomic mass is 35.5. The van der Waals surface area contributed by atoms with E-state index in [4.69, 9.17) is 10.5 Å². The van der Waals surface area contributed by atoms with Gasteiger partial charge < -0.3 is 4.90 Å². The van der Waals surface area contributed by atoms with Crippen LogP contribution in [0.15, 0.2) is 47.4 Å². The first-order chi connectivity index (χ1) is 18.2. The van der Waals surface area contributed by atoms with Gasteiger partial charge in [-0.15, -0.1) is 12.4 Å². The minimum absolute atomic E-state index is 0. The van der Waals surface area contributed by atoms with Crippen molar-refractivity contribution in [1.29, 1.82) is 10.5 Å². The molecule has 1 amide bonds. The number of likely N-dealkylation sites (N-methyl/N-ethyl adjacent to an activating group) is 1. The fourth-order valence-corrected chi connectivity index (χ4v) is 6.30. The normalized spacial score (nSPS) is 11.3. The summed E-state index contributed by atoms with van der Waals surface area (Å²) in [6.45, 7) is 6.57. The predicted octanol–water partition coefficient (Wildman–Crippen LogP) is 4.66. The Morgan fingerprint density at radius 1 is 0.974 bits per heavy atom. The van der Waals surface area contributed by atoms with Gasteiger partial charge in [0, 0.05) is 44.6 Å². The van der Waals surface area contributed by atoms with E-state index in [9.17, 15) is 17.6 Å². The SMILES string of the molecule is CCN(CC)CCN(C(=O)c1ccc(S(=O)(=O)N(CCC#N)CCC#N)cc1)c1nc2ccc(F)cc2s1.Cl. The molecule has 9 nitrogen and oxygen atoms in total. The van der Waals surface area contributed by atoms with Gasteiger partial charge in [0.05, 0.1) is 27.3 Å². The van der Waals surface area contributed by atoms with Crippen LogP contribution in [0.4, 0.5) is 9.52 Å². The van der Waals surface area contributed by atoms with Crippen molar-refractivity contribution in [3.63, 3.8) is 0 Å². The van der Waals surface area contributed by atoms with Gasteiger partial charge in [-0.1, -0.05) is 25.2 Å². The monoisotopic (exact) mass is 592 g/mol. The Bertz CT molecular complexity index is 1430. The molecule has 0 radical (unpaired) electrons. The third-order valence-corrected chi connectivity index (χ3v) is 8.99. The highest BCUT2D eigenvalue weighted by Gasteiger charge is 2.26. The van der Waals surface area contributed by atoms with Crippen LogP contribution in [0.2, 0.25) is 0 Å². The maximum atomic E-state index is 13.8. The van der Waals surface area contributed by atoms with E-state index in [2.05, 4.69) is 9.88 Å². The van der Waals surface area contributed by atoms with Crippen molar-refractivity contribution < 1.29 is 17.6 Å². The first kappa shape index (κ1) is 32.1. The summed E-state index contributed by atoms with van der Waals surface area (Å²) in [7, 11) is -3.96. The fraction of sp³-hybridized carbons (Fsp3) is 0.385. The van der Waals surface area contributed by atoms with Gasteiger partial charge in [0.15, 0.2) is 5.13 Å². The molecule has 0 bridgehead atoms. The number of carbonyl (C=O) groups excluding carboxylic acids is 1. The third kappa shape index (κ3) is 7.94. The van der Waals surface area contributed by atoms with Crippen molar-refractivity contribution in [3.8, 4) is 12.1 Å². The molecule has 208 valence electrons. The van der Waals surface area contributed by atoms with Crippen LogP contribution < -0.4 is 4.90 Å². The number of halogens is 2. The van der Waals surface area contributed by atoms with Crippen molar-refractivity contribution in [3.05, 3.63) is 53.8 Å². The summed E-state index contributed by atoms with van der Waals surface area (Å²) in [4.78, 5) is 21.8. The van der Waals surface area contributed by atoms with Crippen LogP contribution >= 0.6 is 23.7 Å². The Balaban J connectivity index is 0.00000533. The fourth-order valence-electron chi connectivity index (χ4n) is 3.84. The van der Waals surface area contributed by atoms with E-state index in [1.807, 2.05) is 26.0 Å². The Hall–Kier alpha value is -3.13. The summed E-state index contributed by atoms with van der Waals surface area (Å²) in [5.41, 5.74) is 0.859. The van der Waals surface area contributed by atoms with Gasteiger partial charge in [-0.3, -0.25) is 9.69 Å². The maximum absolute atomic E-state index is 13.8. The number of anilines is 1. The lowest BCUT2D eigenvalue weighted by Crippen LogP contribution is -2.39. The Kier molecular flexibility index (Phi) is 12.2. The van der Waals surface area contributed by atoms with Gasteiger partial charge in [0.1, 0.15) is 5.82 Å². The van der Waals surface area contributed by atoms with Crippen LogP contribution in [0.5, 0.6) is 0 Å². The predicted molar refractivity (Wildman–Crippen MR) is 152 cm³/mol. The molecule has 0 fully saturated rings. The molecular weight excluding hydrogens is 563 g/mol. The zero-order chi connectivity index (χ0) is 27.7. The van der Waals surface area contributed by atoms with E-state index in [0.717, 1.165) is 17.4 Å². The molecule has 0 aliphatic carbocycles. The summed E-state index contributed by atoms with van der Waals surface area (Å²) in [5.74, 6) is -0.740. The van der Waals surface area contributed by atoms with Crippen molar-refractivity contribution >= 4 is 55.0 Å². The quantitative estimate of drug-likeness (QED) is 0.283. The molecule has 0 atom stereocenters. The van der Waals surface area contributed by atoms with E-state index in [-0.39, 0.29) is 60.5 Å². The van der Waals surface area contributed by atoms with E-state index >= 15 is 0 Å². The van der Waals surface area contributed by atoms with Crippen LogP contribution in [0.1, 0.15) is 37.0 Å². The molecule has 13 heteroatoms. The Labute approximate surface area is 238 Å². The number of sulfonamides is 1. The highest BCUT2D eigenvalue weighted by Crippen LogP contribution is 2.30. The first-order valence-electron chi connectivity index (χ1n) is 12.2. The second kappa shape index (κ2) is 14.9. The molecule has 0 aliphatic heterocycles. The average Bonchev–Trinajstić information content (AvgIpc) is 3.33. The highest BCUT2D eigenvalue weighted by molar-refractivity contribution is 7.89. The number of aromatic nitrogens is 1. The molecule has 0 spiro atoms. The summed E-state index contributed by atoms with van der Waals surface area (Å²) < 4.78 is 41.7. The lowest BCUT2D eigenvalue weighted by Gasteiger charge is -2.25. The molecule has 3 rings (SSSR count). The number of nitriles is 2. The van der Waals surface area contributed by atoms with Gasteiger partial charge in [0.25, 0.3) is 5.91 Å². The number of carbonyl (C=O) groups is 1. The number of hydrogen-bond donors (Lipinski definition) is 0. The second-order valence-corrected chi connectivity index (χ2v) is 11.3. The number of amides is 1. The van der Waals surface area contributed by atoms with E-state index in [1.54, 1.807) is 6.07 Å². The van der Waals surface area contributed by atoms with Gasteiger partial charge in [0.2, 0.25) is 10.0 Å². The van der Waals surface area contributed by atoms with Crippen molar-refractivity contribution in [2.45, 2.75) is 31.6 Å². The minimum atomic E-state index is -3.96. The molecule has 3 aromatic rings. The smallest absolute Gasteiger partial charge is 0.260 e. The number of benzene rings is 2.